The Hall–Kier alpha value is -3.00. The van der Waals surface area contributed by atoms with Gasteiger partial charge < -0.3 is 20.6 Å². The molecule has 154 valence electrons. The fraction of sp³-hybridized carbons (Fsp3) is 0.333. The number of aliphatic hydroxyl groups is 1. The van der Waals surface area contributed by atoms with Crippen LogP contribution in [0.15, 0.2) is 42.5 Å². The van der Waals surface area contributed by atoms with Gasteiger partial charge in [0.2, 0.25) is 0 Å². The minimum atomic E-state index is -1.08. The van der Waals surface area contributed by atoms with Crippen LogP contribution in [-0.4, -0.2) is 36.1 Å². The van der Waals surface area contributed by atoms with Crippen molar-refractivity contribution < 1.29 is 23.5 Å². The van der Waals surface area contributed by atoms with Crippen molar-refractivity contribution in [1.29, 1.82) is 0 Å². The molecule has 3 rings (SSSR count). The van der Waals surface area contributed by atoms with Gasteiger partial charge in [-0.25, -0.2) is 8.78 Å². The Morgan fingerprint density at radius 3 is 2.59 bits per heavy atom. The molecular weight excluding hydrogens is 380 g/mol. The van der Waals surface area contributed by atoms with Gasteiger partial charge in [-0.1, -0.05) is 12.1 Å². The molecule has 29 heavy (non-hydrogen) atoms. The van der Waals surface area contributed by atoms with Gasteiger partial charge in [0, 0.05) is 30.9 Å². The van der Waals surface area contributed by atoms with Crippen LogP contribution in [0.3, 0.4) is 0 Å². The highest BCUT2D eigenvalue weighted by molar-refractivity contribution is 6.39. The molecule has 1 unspecified atom stereocenters. The average molecular weight is 403 g/mol. The molecule has 2 aromatic rings. The first-order valence-corrected chi connectivity index (χ1v) is 9.28. The quantitative estimate of drug-likeness (QED) is 0.686. The van der Waals surface area contributed by atoms with Crippen LogP contribution < -0.4 is 15.5 Å². The summed E-state index contributed by atoms with van der Waals surface area (Å²) >= 11 is 0. The lowest BCUT2D eigenvalue weighted by atomic mass is 9.98. The molecule has 0 aliphatic carbocycles. The van der Waals surface area contributed by atoms with Crippen LogP contribution in [0, 0.1) is 11.6 Å². The summed E-state index contributed by atoms with van der Waals surface area (Å²) in [5, 5.41) is 15.2. The zero-order valence-electron chi connectivity index (χ0n) is 16.2. The summed E-state index contributed by atoms with van der Waals surface area (Å²) in [5.74, 6) is -2.95. The highest BCUT2D eigenvalue weighted by atomic mass is 19.1. The SMILES string of the molecule is CC(C)(O)c1cccc(NC(=O)C(=O)NC2CCN(c3ccc(F)cc3F)C2)c1. The van der Waals surface area contributed by atoms with Crippen molar-refractivity contribution in [2.45, 2.75) is 31.9 Å². The second kappa shape index (κ2) is 8.16. The standard InChI is InChI=1S/C21H23F2N3O3/c1-21(2,29)13-4-3-5-15(10-13)24-19(27)20(28)25-16-8-9-26(12-16)18-7-6-14(22)11-17(18)23/h3-7,10-11,16,29H,8-9,12H2,1-2H3,(H,24,27)(H,25,28). The molecule has 0 aromatic heterocycles. The molecule has 0 saturated carbocycles. The van der Waals surface area contributed by atoms with E-state index in [0.717, 1.165) is 6.07 Å². The summed E-state index contributed by atoms with van der Waals surface area (Å²) in [6.07, 6.45) is 0.532. The number of nitrogens with zero attached hydrogens (tertiary/aromatic N) is 1. The smallest absolute Gasteiger partial charge is 0.313 e. The molecule has 1 aliphatic rings. The molecular formula is C21H23F2N3O3. The van der Waals surface area contributed by atoms with Crippen LogP contribution in [0.2, 0.25) is 0 Å². The van der Waals surface area contributed by atoms with Crippen molar-refractivity contribution in [1.82, 2.24) is 5.32 Å². The average Bonchev–Trinajstić information content (AvgIpc) is 3.09. The van der Waals surface area contributed by atoms with Gasteiger partial charge in [0.1, 0.15) is 11.6 Å². The number of benzene rings is 2. The van der Waals surface area contributed by atoms with Crippen molar-refractivity contribution in [2.24, 2.45) is 0 Å². The first-order chi connectivity index (χ1) is 13.6. The van der Waals surface area contributed by atoms with Gasteiger partial charge in [-0.05, 0) is 50.1 Å². The van der Waals surface area contributed by atoms with Crippen molar-refractivity contribution >= 4 is 23.2 Å². The highest BCUT2D eigenvalue weighted by Gasteiger charge is 2.28. The second-order valence-corrected chi connectivity index (χ2v) is 7.59. The minimum absolute atomic E-state index is 0.260. The number of amides is 2. The Kier molecular flexibility index (Phi) is 5.83. The number of nitrogens with one attached hydrogen (secondary N) is 2. The minimum Gasteiger partial charge on any atom is -0.386 e. The monoisotopic (exact) mass is 403 g/mol. The molecule has 0 radical (unpaired) electrons. The molecule has 2 aromatic carbocycles. The Labute approximate surface area is 167 Å². The number of hydrogen-bond donors (Lipinski definition) is 3. The first-order valence-electron chi connectivity index (χ1n) is 9.28. The van der Waals surface area contributed by atoms with E-state index in [2.05, 4.69) is 10.6 Å². The Bertz CT molecular complexity index is 928. The van der Waals surface area contributed by atoms with Gasteiger partial charge in [0.15, 0.2) is 0 Å². The van der Waals surface area contributed by atoms with Crippen LogP contribution in [0.4, 0.5) is 20.2 Å². The number of anilines is 2. The normalized spacial score (nSPS) is 16.6. The van der Waals surface area contributed by atoms with Crippen LogP contribution in [0.1, 0.15) is 25.8 Å². The van der Waals surface area contributed by atoms with Crippen molar-refractivity contribution in [3.63, 3.8) is 0 Å². The summed E-state index contributed by atoms with van der Waals surface area (Å²) in [4.78, 5) is 26.1. The van der Waals surface area contributed by atoms with Gasteiger partial charge >= 0.3 is 11.8 Å². The van der Waals surface area contributed by atoms with E-state index in [1.807, 2.05) is 0 Å². The molecule has 1 atom stereocenters. The molecule has 0 bridgehead atoms. The highest BCUT2D eigenvalue weighted by Crippen LogP contribution is 2.25. The van der Waals surface area contributed by atoms with Crippen LogP contribution in [0.25, 0.3) is 0 Å². The molecule has 0 spiro atoms. The lowest BCUT2D eigenvalue weighted by molar-refractivity contribution is -0.136. The Morgan fingerprint density at radius 1 is 1.14 bits per heavy atom. The molecule has 1 fully saturated rings. The Morgan fingerprint density at radius 2 is 1.90 bits per heavy atom. The number of carbonyl (C=O) groups is 2. The van der Waals surface area contributed by atoms with E-state index in [1.54, 1.807) is 43.0 Å². The zero-order valence-corrected chi connectivity index (χ0v) is 16.2. The third kappa shape index (κ3) is 5.08. The van der Waals surface area contributed by atoms with Gasteiger partial charge in [-0.15, -0.1) is 0 Å². The van der Waals surface area contributed by atoms with Gasteiger partial charge in [0.05, 0.1) is 11.3 Å². The maximum atomic E-state index is 13.9. The third-order valence-electron chi connectivity index (χ3n) is 4.81. The van der Waals surface area contributed by atoms with Crippen molar-refractivity contribution in [3.8, 4) is 0 Å². The van der Waals surface area contributed by atoms with Gasteiger partial charge in [0.25, 0.3) is 0 Å². The number of rotatable bonds is 4. The summed E-state index contributed by atoms with van der Waals surface area (Å²) in [5.41, 5.74) is 0.178. The first kappa shape index (κ1) is 20.7. The van der Waals surface area contributed by atoms with E-state index in [0.29, 0.717) is 30.8 Å². The van der Waals surface area contributed by atoms with Crippen LogP contribution >= 0.6 is 0 Å². The summed E-state index contributed by atoms with van der Waals surface area (Å²) < 4.78 is 27.0. The molecule has 1 saturated heterocycles. The van der Waals surface area contributed by atoms with Crippen molar-refractivity contribution in [2.75, 3.05) is 23.3 Å². The maximum absolute atomic E-state index is 13.9. The fourth-order valence-corrected chi connectivity index (χ4v) is 3.25. The van der Waals surface area contributed by atoms with E-state index < -0.39 is 29.0 Å². The van der Waals surface area contributed by atoms with E-state index in [4.69, 9.17) is 0 Å². The predicted octanol–water partition coefficient (Wildman–Crippen LogP) is 2.53. The molecule has 6 nitrogen and oxygen atoms in total. The fourth-order valence-electron chi connectivity index (χ4n) is 3.25. The lowest BCUT2D eigenvalue weighted by Gasteiger charge is -2.20. The number of hydrogen-bond acceptors (Lipinski definition) is 4. The van der Waals surface area contributed by atoms with E-state index >= 15 is 0 Å². The molecule has 8 heteroatoms. The topological polar surface area (TPSA) is 81.7 Å². The zero-order chi connectivity index (χ0) is 21.2. The molecule has 1 heterocycles. The van der Waals surface area contributed by atoms with E-state index in [-0.39, 0.29) is 11.7 Å². The summed E-state index contributed by atoms with van der Waals surface area (Å²) in [6.45, 7) is 4.03. The summed E-state index contributed by atoms with van der Waals surface area (Å²) in [7, 11) is 0. The molecule has 1 aliphatic heterocycles. The van der Waals surface area contributed by atoms with Gasteiger partial charge in [-0.2, -0.15) is 0 Å². The maximum Gasteiger partial charge on any atom is 0.313 e. The third-order valence-corrected chi connectivity index (χ3v) is 4.81. The lowest BCUT2D eigenvalue weighted by Crippen LogP contribution is -2.43. The van der Waals surface area contributed by atoms with Gasteiger partial charge in [-0.3, -0.25) is 9.59 Å². The Balaban J connectivity index is 1.57. The van der Waals surface area contributed by atoms with Crippen LogP contribution in [-0.2, 0) is 15.2 Å². The second-order valence-electron chi connectivity index (χ2n) is 7.59. The van der Waals surface area contributed by atoms with E-state index in [1.165, 1.54) is 12.1 Å². The summed E-state index contributed by atoms with van der Waals surface area (Å²) in [6, 6.07) is 9.63. The van der Waals surface area contributed by atoms with E-state index in [9.17, 15) is 23.5 Å². The van der Waals surface area contributed by atoms with Crippen molar-refractivity contribution in [3.05, 3.63) is 59.7 Å². The number of carbonyl (C=O) groups excluding carboxylic acids is 2. The van der Waals surface area contributed by atoms with Crippen LogP contribution in [0.5, 0.6) is 0 Å². The molecule has 3 N–H and O–H groups in total. The largest absolute Gasteiger partial charge is 0.386 e. The molecule has 2 amide bonds. The number of halogens is 2. The predicted molar refractivity (Wildman–Crippen MR) is 105 cm³/mol.